The minimum absolute atomic E-state index is 0.0262. The molecule has 1 aliphatic heterocycles. The summed E-state index contributed by atoms with van der Waals surface area (Å²) in [5.41, 5.74) is 1.14. The van der Waals surface area contributed by atoms with Crippen LogP contribution in [0.3, 0.4) is 0 Å². The Kier molecular flexibility index (Phi) is 6.65. The topological polar surface area (TPSA) is 72.0 Å². The van der Waals surface area contributed by atoms with Gasteiger partial charge in [0.2, 0.25) is 10.0 Å². The van der Waals surface area contributed by atoms with Gasteiger partial charge in [0.15, 0.2) is 0 Å². The van der Waals surface area contributed by atoms with Crippen LogP contribution in [0.5, 0.6) is 11.5 Å². The predicted molar refractivity (Wildman–Crippen MR) is 103 cm³/mol. The third-order valence-electron chi connectivity index (χ3n) is 4.52. The summed E-state index contributed by atoms with van der Waals surface area (Å²) in [5, 5.41) is 0. The van der Waals surface area contributed by atoms with Gasteiger partial charge in [-0.3, -0.25) is 9.88 Å². The second-order valence-electron chi connectivity index (χ2n) is 6.38. The molecule has 0 saturated carbocycles. The molecule has 0 unspecified atom stereocenters. The Hall–Kier alpha value is -2.16. The minimum Gasteiger partial charge on any atom is -0.497 e. The van der Waals surface area contributed by atoms with Crippen molar-refractivity contribution in [3.05, 3.63) is 54.4 Å². The number of hydrogen-bond donors (Lipinski definition) is 0. The van der Waals surface area contributed by atoms with Crippen LogP contribution in [-0.4, -0.2) is 68.3 Å². The summed E-state index contributed by atoms with van der Waals surface area (Å²) < 4.78 is 37.3. The molecule has 0 bridgehead atoms. The molecular formula is C19H25N3O4S. The van der Waals surface area contributed by atoms with Gasteiger partial charge in [-0.1, -0.05) is 6.07 Å². The molecule has 1 saturated heterocycles. The highest BCUT2D eigenvalue weighted by Gasteiger charge is 2.26. The van der Waals surface area contributed by atoms with Crippen molar-refractivity contribution < 1.29 is 17.9 Å². The third kappa shape index (κ3) is 5.66. The van der Waals surface area contributed by atoms with Crippen molar-refractivity contribution in [2.45, 2.75) is 6.54 Å². The second-order valence-corrected chi connectivity index (χ2v) is 8.46. The Labute approximate surface area is 160 Å². The molecule has 1 aromatic heterocycles. The van der Waals surface area contributed by atoms with Crippen LogP contribution in [0, 0.1) is 0 Å². The zero-order valence-electron chi connectivity index (χ0n) is 15.5. The number of pyridine rings is 1. The lowest BCUT2D eigenvalue weighted by Crippen LogP contribution is -2.49. The summed E-state index contributed by atoms with van der Waals surface area (Å²) >= 11 is 0. The van der Waals surface area contributed by atoms with E-state index >= 15 is 0 Å². The van der Waals surface area contributed by atoms with Gasteiger partial charge in [-0.15, -0.1) is 0 Å². The summed E-state index contributed by atoms with van der Waals surface area (Å²) in [5.74, 6) is 1.34. The summed E-state index contributed by atoms with van der Waals surface area (Å²) in [7, 11) is -1.72. The average molecular weight is 391 g/mol. The van der Waals surface area contributed by atoms with Gasteiger partial charge >= 0.3 is 0 Å². The maximum absolute atomic E-state index is 12.5. The Morgan fingerprint density at radius 3 is 2.37 bits per heavy atom. The van der Waals surface area contributed by atoms with Gasteiger partial charge in [-0.25, -0.2) is 8.42 Å². The van der Waals surface area contributed by atoms with Crippen molar-refractivity contribution in [2.24, 2.45) is 0 Å². The fraction of sp³-hybridized carbons (Fsp3) is 0.421. The molecule has 0 aliphatic carbocycles. The van der Waals surface area contributed by atoms with E-state index in [9.17, 15) is 8.42 Å². The van der Waals surface area contributed by atoms with Crippen LogP contribution in [0.1, 0.15) is 5.56 Å². The van der Waals surface area contributed by atoms with E-state index in [4.69, 9.17) is 9.47 Å². The van der Waals surface area contributed by atoms with Crippen LogP contribution in [-0.2, 0) is 16.6 Å². The summed E-state index contributed by atoms with van der Waals surface area (Å²) in [4.78, 5) is 6.37. The highest BCUT2D eigenvalue weighted by Crippen LogP contribution is 2.17. The van der Waals surface area contributed by atoms with E-state index in [1.165, 1.54) is 0 Å². The van der Waals surface area contributed by atoms with Crippen LogP contribution in [0.2, 0.25) is 0 Å². The SMILES string of the molecule is COc1ccc(OCCS(=O)(=O)N2CCN(Cc3cccnc3)CC2)cc1. The number of piperazine rings is 1. The molecule has 2 aromatic rings. The highest BCUT2D eigenvalue weighted by molar-refractivity contribution is 7.89. The average Bonchev–Trinajstić information content (AvgIpc) is 2.70. The zero-order valence-corrected chi connectivity index (χ0v) is 16.3. The number of methoxy groups -OCH3 is 1. The quantitative estimate of drug-likeness (QED) is 0.681. The van der Waals surface area contributed by atoms with E-state index in [1.807, 2.05) is 18.3 Å². The first kappa shape index (κ1) is 19.6. The molecule has 0 radical (unpaired) electrons. The van der Waals surface area contributed by atoms with E-state index in [2.05, 4.69) is 9.88 Å². The van der Waals surface area contributed by atoms with Gasteiger partial charge in [0.05, 0.1) is 12.9 Å². The lowest BCUT2D eigenvalue weighted by Gasteiger charge is -2.33. The van der Waals surface area contributed by atoms with Gasteiger partial charge in [-0.05, 0) is 35.9 Å². The number of hydrogen-bond acceptors (Lipinski definition) is 6. The number of ether oxygens (including phenoxy) is 2. The van der Waals surface area contributed by atoms with Crippen molar-refractivity contribution in [1.82, 2.24) is 14.2 Å². The molecule has 8 heteroatoms. The summed E-state index contributed by atoms with van der Waals surface area (Å²) in [6.07, 6.45) is 3.60. The Morgan fingerprint density at radius 2 is 1.74 bits per heavy atom. The van der Waals surface area contributed by atoms with E-state index in [0.29, 0.717) is 31.9 Å². The Bertz CT molecular complexity index is 805. The molecule has 0 atom stereocenters. The molecule has 1 fully saturated rings. The zero-order chi connectivity index (χ0) is 19.1. The lowest BCUT2D eigenvalue weighted by molar-refractivity contribution is 0.181. The molecule has 0 amide bonds. The van der Waals surface area contributed by atoms with Gasteiger partial charge in [0.1, 0.15) is 18.1 Å². The normalized spacial score (nSPS) is 16.2. The van der Waals surface area contributed by atoms with E-state index in [-0.39, 0.29) is 12.4 Å². The number of rotatable bonds is 8. The number of nitrogens with zero attached hydrogens (tertiary/aromatic N) is 3. The van der Waals surface area contributed by atoms with Crippen LogP contribution in [0.15, 0.2) is 48.8 Å². The van der Waals surface area contributed by atoms with Crippen molar-refractivity contribution in [3.8, 4) is 11.5 Å². The first-order valence-electron chi connectivity index (χ1n) is 8.93. The summed E-state index contributed by atoms with van der Waals surface area (Å²) in [6, 6.07) is 11.0. The van der Waals surface area contributed by atoms with E-state index in [0.717, 1.165) is 17.9 Å². The Morgan fingerprint density at radius 1 is 1.04 bits per heavy atom. The molecule has 3 rings (SSSR count). The molecule has 7 nitrogen and oxygen atoms in total. The first-order valence-corrected chi connectivity index (χ1v) is 10.5. The largest absolute Gasteiger partial charge is 0.497 e. The minimum atomic E-state index is -3.32. The number of aromatic nitrogens is 1. The van der Waals surface area contributed by atoms with Gasteiger partial charge < -0.3 is 9.47 Å². The second kappa shape index (κ2) is 9.16. The van der Waals surface area contributed by atoms with Crippen LogP contribution < -0.4 is 9.47 Å². The van der Waals surface area contributed by atoms with Crippen molar-refractivity contribution >= 4 is 10.0 Å². The number of sulfonamides is 1. The van der Waals surface area contributed by atoms with Crippen molar-refractivity contribution in [2.75, 3.05) is 45.6 Å². The van der Waals surface area contributed by atoms with Crippen LogP contribution >= 0.6 is 0 Å². The maximum atomic E-state index is 12.5. The third-order valence-corrected chi connectivity index (χ3v) is 6.36. The lowest BCUT2D eigenvalue weighted by atomic mass is 10.2. The monoisotopic (exact) mass is 391 g/mol. The molecule has 2 heterocycles. The molecular weight excluding hydrogens is 366 g/mol. The molecule has 146 valence electrons. The van der Waals surface area contributed by atoms with Gasteiger partial charge in [0, 0.05) is 45.1 Å². The van der Waals surface area contributed by atoms with Crippen molar-refractivity contribution in [3.63, 3.8) is 0 Å². The predicted octanol–water partition coefficient (Wildman–Crippen LogP) is 1.62. The van der Waals surface area contributed by atoms with Gasteiger partial charge in [0.25, 0.3) is 0 Å². The highest BCUT2D eigenvalue weighted by atomic mass is 32.2. The standard InChI is InChI=1S/C19H25N3O4S/c1-25-18-4-6-19(7-5-18)26-13-14-27(23,24)22-11-9-21(10-12-22)16-17-3-2-8-20-15-17/h2-8,15H,9-14,16H2,1H3. The molecule has 0 spiro atoms. The summed E-state index contributed by atoms with van der Waals surface area (Å²) in [6.45, 7) is 3.37. The van der Waals surface area contributed by atoms with E-state index in [1.54, 1.807) is 41.9 Å². The molecule has 1 aromatic carbocycles. The van der Waals surface area contributed by atoms with Crippen LogP contribution in [0.25, 0.3) is 0 Å². The number of benzene rings is 1. The smallest absolute Gasteiger partial charge is 0.217 e. The molecule has 27 heavy (non-hydrogen) atoms. The fourth-order valence-corrected chi connectivity index (χ4v) is 4.25. The van der Waals surface area contributed by atoms with Gasteiger partial charge in [-0.2, -0.15) is 4.31 Å². The maximum Gasteiger partial charge on any atom is 0.217 e. The molecule has 0 N–H and O–H groups in total. The Balaban J connectivity index is 1.43. The van der Waals surface area contributed by atoms with Crippen LogP contribution in [0.4, 0.5) is 0 Å². The van der Waals surface area contributed by atoms with E-state index < -0.39 is 10.0 Å². The van der Waals surface area contributed by atoms with Crippen molar-refractivity contribution in [1.29, 1.82) is 0 Å². The molecule has 1 aliphatic rings. The fourth-order valence-electron chi connectivity index (χ4n) is 2.98. The first-order chi connectivity index (χ1) is 13.1.